The Bertz CT molecular complexity index is 916. The quantitative estimate of drug-likeness (QED) is 0.735. The van der Waals surface area contributed by atoms with E-state index in [9.17, 15) is 14.0 Å². The highest BCUT2D eigenvalue weighted by molar-refractivity contribution is 6.13. The number of furan rings is 1. The van der Waals surface area contributed by atoms with Crippen molar-refractivity contribution < 1.29 is 23.1 Å². The van der Waals surface area contributed by atoms with Gasteiger partial charge in [0.1, 0.15) is 17.1 Å². The minimum absolute atomic E-state index is 0.0946. The van der Waals surface area contributed by atoms with E-state index in [0.717, 1.165) is 6.07 Å². The number of ether oxygens (including phenoxy) is 1. The molecule has 1 N–H and O–H groups in total. The molecule has 0 saturated heterocycles. The van der Waals surface area contributed by atoms with E-state index in [1.54, 1.807) is 31.2 Å². The fourth-order valence-corrected chi connectivity index (χ4v) is 2.33. The van der Waals surface area contributed by atoms with Crippen LogP contribution >= 0.6 is 0 Å². The van der Waals surface area contributed by atoms with Crippen molar-refractivity contribution in [1.29, 1.82) is 0 Å². The maximum atomic E-state index is 13.3. The summed E-state index contributed by atoms with van der Waals surface area (Å²) < 4.78 is 23.8. The van der Waals surface area contributed by atoms with Gasteiger partial charge >= 0.3 is 5.97 Å². The molecular formula is C18H14FNO4. The van der Waals surface area contributed by atoms with E-state index < -0.39 is 17.7 Å². The number of nitrogens with one attached hydrogen (secondary N) is 1. The molecule has 3 aromatic rings. The van der Waals surface area contributed by atoms with Gasteiger partial charge in [-0.25, -0.2) is 9.18 Å². The first kappa shape index (κ1) is 15.7. The lowest BCUT2D eigenvalue weighted by Gasteiger charge is -2.06. The summed E-state index contributed by atoms with van der Waals surface area (Å²) in [7, 11) is 0. The van der Waals surface area contributed by atoms with Crippen molar-refractivity contribution >= 4 is 28.5 Å². The number of carbonyl (C=O) groups is 2. The molecule has 122 valence electrons. The number of benzene rings is 2. The van der Waals surface area contributed by atoms with Gasteiger partial charge in [-0.05, 0) is 37.3 Å². The highest BCUT2D eigenvalue weighted by Gasteiger charge is 2.23. The van der Waals surface area contributed by atoms with E-state index >= 15 is 0 Å². The van der Waals surface area contributed by atoms with E-state index in [2.05, 4.69) is 5.32 Å². The molecule has 0 radical (unpaired) electrons. The van der Waals surface area contributed by atoms with Gasteiger partial charge in [0.25, 0.3) is 5.91 Å². The number of hydrogen-bond acceptors (Lipinski definition) is 4. The van der Waals surface area contributed by atoms with Crippen molar-refractivity contribution in [2.75, 3.05) is 11.9 Å². The van der Waals surface area contributed by atoms with Gasteiger partial charge in [0.05, 0.1) is 6.61 Å². The minimum Gasteiger partial charge on any atom is -0.460 e. The van der Waals surface area contributed by atoms with Crippen molar-refractivity contribution in [2.24, 2.45) is 0 Å². The molecule has 0 unspecified atom stereocenters. The molecule has 0 fully saturated rings. The van der Waals surface area contributed by atoms with Gasteiger partial charge in [-0.3, -0.25) is 4.79 Å². The van der Waals surface area contributed by atoms with Crippen LogP contribution in [0.3, 0.4) is 0 Å². The van der Waals surface area contributed by atoms with Crippen LogP contribution < -0.4 is 5.32 Å². The minimum atomic E-state index is -0.678. The Balaban J connectivity index is 2.02. The molecule has 0 spiro atoms. The average Bonchev–Trinajstić information content (AvgIpc) is 2.94. The number of esters is 1. The van der Waals surface area contributed by atoms with Gasteiger partial charge in [-0.2, -0.15) is 0 Å². The van der Waals surface area contributed by atoms with Gasteiger partial charge < -0.3 is 14.5 Å². The molecule has 1 amide bonds. The fourth-order valence-electron chi connectivity index (χ4n) is 2.33. The first-order valence-electron chi connectivity index (χ1n) is 7.35. The number of halogens is 1. The predicted molar refractivity (Wildman–Crippen MR) is 86.5 cm³/mol. The summed E-state index contributed by atoms with van der Waals surface area (Å²) in [5.74, 6) is -1.84. The molecule has 5 nitrogen and oxygen atoms in total. The fraction of sp³-hybridized carbons (Fsp3) is 0.111. The van der Waals surface area contributed by atoms with Crippen LogP contribution in [0.1, 0.15) is 27.8 Å². The van der Waals surface area contributed by atoms with Gasteiger partial charge in [0, 0.05) is 10.9 Å². The molecule has 24 heavy (non-hydrogen) atoms. The van der Waals surface area contributed by atoms with Crippen molar-refractivity contribution in [2.45, 2.75) is 6.92 Å². The third kappa shape index (κ3) is 2.99. The molecule has 0 bridgehead atoms. The highest BCUT2D eigenvalue weighted by atomic mass is 19.1. The van der Waals surface area contributed by atoms with Gasteiger partial charge in [-0.1, -0.05) is 18.2 Å². The lowest BCUT2D eigenvalue weighted by molar-refractivity contribution is 0.0494. The number of carbonyl (C=O) groups excluding carboxylic acids is 2. The second-order valence-electron chi connectivity index (χ2n) is 4.99. The number of amides is 1. The van der Waals surface area contributed by atoms with Crippen LogP contribution in [0.15, 0.2) is 52.9 Å². The summed E-state index contributed by atoms with van der Waals surface area (Å²) in [6, 6.07) is 12.2. The molecule has 0 atom stereocenters. The summed E-state index contributed by atoms with van der Waals surface area (Å²) >= 11 is 0. The van der Waals surface area contributed by atoms with E-state index in [0.29, 0.717) is 11.0 Å². The summed E-state index contributed by atoms with van der Waals surface area (Å²) in [5.41, 5.74) is 0.781. The van der Waals surface area contributed by atoms with Crippen molar-refractivity contribution in [3.8, 4) is 0 Å². The van der Waals surface area contributed by atoms with E-state index in [1.165, 1.54) is 18.2 Å². The molecule has 0 saturated carbocycles. The number of anilines is 1. The Kier molecular flexibility index (Phi) is 4.29. The predicted octanol–water partition coefficient (Wildman–Crippen LogP) is 4.00. The summed E-state index contributed by atoms with van der Waals surface area (Å²) in [4.78, 5) is 24.4. The lowest BCUT2D eigenvalue weighted by atomic mass is 10.1. The Morgan fingerprint density at radius 2 is 1.96 bits per heavy atom. The van der Waals surface area contributed by atoms with Crippen LogP contribution in [0.25, 0.3) is 11.0 Å². The zero-order valence-electron chi connectivity index (χ0n) is 12.8. The van der Waals surface area contributed by atoms with Gasteiger partial charge in [-0.15, -0.1) is 0 Å². The van der Waals surface area contributed by atoms with E-state index in [-0.39, 0.29) is 23.6 Å². The van der Waals surface area contributed by atoms with Crippen LogP contribution in [0.2, 0.25) is 0 Å². The normalized spacial score (nSPS) is 10.6. The summed E-state index contributed by atoms with van der Waals surface area (Å²) in [5, 5.41) is 3.18. The van der Waals surface area contributed by atoms with Crippen molar-refractivity contribution in [1.82, 2.24) is 0 Å². The molecular weight excluding hydrogens is 313 g/mol. The summed E-state index contributed by atoms with van der Waals surface area (Å²) in [6.07, 6.45) is 0. The second-order valence-corrected chi connectivity index (χ2v) is 4.99. The molecule has 2 aromatic carbocycles. The monoisotopic (exact) mass is 327 g/mol. The highest BCUT2D eigenvalue weighted by Crippen LogP contribution is 2.31. The summed E-state index contributed by atoms with van der Waals surface area (Å²) in [6.45, 7) is 1.85. The third-order valence-electron chi connectivity index (χ3n) is 3.38. The standard InChI is InChI=1S/C18H14FNO4/c1-2-23-18(22)16-15(13-8-3-4-9-14(13)24-16)20-17(21)11-6-5-7-12(19)10-11/h3-10H,2H2,1H3,(H,20,21). The maximum absolute atomic E-state index is 13.3. The largest absolute Gasteiger partial charge is 0.460 e. The average molecular weight is 327 g/mol. The Hall–Kier alpha value is -3.15. The Morgan fingerprint density at radius 3 is 2.71 bits per heavy atom. The zero-order valence-corrected chi connectivity index (χ0v) is 12.8. The Labute approximate surface area is 137 Å². The smallest absolute Gasteiger partial charge is 0.376 e. The van der Waals surface area contributed by atoms with Crippen molar-refractivity contribution in [3.63, 3.8) is 0 Å². The van der Waals surface area contributed by atoms with Crippen LogP contribution in [0.4, 0.5) is 10.1 Å². The Morgan fingerprint density at radius 1 is 1.17 bits per heavy atom. The lowest BCUT2D eigenvalue weighted by Crippen LogP contribution is -2.15. The van der Waals surface area contributed by atoms with Crippen LogP contribution in [-0.2, 0) is 4.74 Å². The SMILES string of the molecule is CCOC(=O)c1oc2ccccc2c1NC(=O)c1cccc(F)c1. The third-order valence-corrected chi connectivity index (χ3v) is 3.38. The van der Waals surface area contributed by atoms with Gasteiger partial charge in [0.15, 0.2) is 0 Å². The molecule has 0 aliphatic heterocycles. The maximum Gasteiger partial charge on any atom is 0.376 e. The molecule has 0 aliphatic carbocycles. The zero-order chi connectivity index (χ0) is 17.1. The molecule has 1 heterocycles. The first-order valence-corrected chi connectivity index (χ1v) is 7.35. The molecule has 0 aliphatic rings. The number of fused-ring (bicyclic) bond motifs is 1. The van der Waals surface area contributed by atoms with Crippen LogP contribution in [0, 0.1) is 5.82 Å². The first-order chi connectivity index (χ1) is 11.6. The van der Waals surface area contributed by atoms with Crippen molar-refractivity contribution in [3.05, 3.63) is 65.7 Å². The molecule has 1 aromatic heterocycles. The van der Waals surface area contributed by atoms with Crippen LogP contribution in [0.5, 0.6) is 0 Å². The number of para-hydroxylation sites is 1. The molecule has 6 heteroatoms. The van der Waals surface area contributed by atoms with Gasteiger partial charge in [0.2, 0.25) is 5.76 Å². The molecule has 3 rings (SSSR count). The second kappa shape index (κ2) is 6.54. The number of rotatable bonds is 4. The van der Waals surface area contributed by atoms with Crippen LogP contribution in [-0.4, -0.2) is 18.5 Å². The number of hydrogen-bond donors (Lipinski definition) is 1. The van der Waals surface area contributed by atoms with E-state index in [1.807, 2.05) is 0 Å². The topological polar surface area (TPSA) is 68.5 Å². The van der Waals surface area contributed by atoms with E-state index in [4.69, 9.17) is 9.15 Å².